The molecule has 4 aromatic rings. The summed E-state index contributed by atoms with van der Waals surface area (Å²) in [5, 5.41) is 7.36. The van der Waals surface area contributed by atoms with E-state index < -0.39 is 11.6 Å². The second-order valence-electron chi connectivity index (χ2n) is 8.49. The molecule has 0 saturated carbocycles. The minimum absolute atomic E-state index is 0.0476. The molecule has 1 fully saturated rings. The Labute approximate surface area is 201 Å². The van der Waals surface area contributed by atoms with Crippen molar-refractivity contribution in [2.45, 2.75) is 6.42 Å². The van der Waals surface area contributed by atoms with Crippen LogP contribution in [0.5, 0.6) is 5.75 Å². The molecular formula is C27H23F2N5O. The lowest BCUT2D eigenvalue weighted by molar-refractivity contribution is 0.386. The first kappa shape index (κ1) is 22.7. The summed E-state index contributed by atoms with van der Waals surface area (Å²) in [6, 6.07) is 14.8. The predicted molar refractivity (Wildman–Crippen MR) is 133 cm³/mol. The summed E-state index contributed by atoms with van der Waals surface area (Å²) in [6.07, 6.45) is 1.08. The van der Waals surface area contributed by atoms with Crippen molar-refractivity contribution in [3.8, 4) is 28.1 Å². The SMILES string of the molecule is [C-]#[N+]c1ccc(-c2nc(NC[C@H]3CCNC3)nc3ccc(-c4ccc(OC)c(F)c4)cc23)cc1F. The van der Waals surface area contributed by atoms with Crippen molar-refractivity contribution in [1.82, 2.24) is 15.3 Å². The molecule has 176 valence electrons. The summed E-state index contributed by atoms with van der Waals surface area (Å²) in [6.45, 7) is 9.80. The van der Waals surface area contributed by atoms with E-state index in [-0.39, 0.29) is 11.4 Å². The van der Waals surface area contributed by atoms with Crippen molar-refractivity contribution < 1.29 is 13.5 Å². The molecule has 1 aliphatic rings. The van der Waals surface area contributed by atoms with Crippen LogP contribution in [0.25, 0.3) is 38.1 Å². The van der Waals surface area contributed by atoms with Crippen LogP contribution in [-0.2, 0) is 0 Å². The van der Waals surface area contributed by atoms with Gasteiger partial charge in [0.05, 0.1) is 24.9 Å². The van der Waals surface area contributed by atoms with Crippen LogP contribution in [-0.4, -0.2) is 36.7 Å². The zero-order chi connectivity index (χ0) is 24.4. The number of aromatic nitrogens is 2. The van der Waals surface area contributed by atoms with Gasteiger partial charge in [0.25, 0.3) is 0 Å². The number of halogens is 2. The highest BCUT2D eigenvalue weighted by molar-refractivity contribution is 5.96. The summed E-state index contributed by atoms with van der Waals surface area (Å²) < 4.78 is 33.9. The van der Waals surface area contributed by atoms with Crippen molar-refractivity contribution in [3.63, 3.8) is 0 Å². The molecule has 0 radical (unpaired) electrons. The number of anilines is 1. The molecule has 1 atom stereocenters. The maximum atomic E-state index is 14.5. The number of ether oxygens (including phenoxy) is 1. The first-order chi connectivity index (χ1) is 17.1. The number of nitrogens with zero attached hydrogens (tertiary/aromatic N) is 3. The maximum absolute atomic E-state index is 14.5. The van der Waals surface area contributed by atoms with Crippen LogP contribution < -0.4 is 15.4 Å². The van der Waals surface area contributed by atoms with Gasteiger partial charge in [0, 0.05) is 17.5 Å². The molecule has 5 rings (SSSR count). The third-order valence-electron chi connectivity index (χ3n) is 6.23. The van der Waals surface area contributed by atoms with Gasteiger partial charge in [-0.25, -0.2) is 23.6 Å². The molecule has 0 bridgehead atoms. The highest BCUT2D eigenvalue weighted by Gasteiger charge is 2.17. The zero-order valence-corrected chi connectivity index (χ0v) is 19.1. The Morgan fingerprint density at radius 1 is 1.03 bits per heavy atom. The molecule has 0 unspecified atom stereocenters. The van der Waals surface area contributed by atoms with Crippen LogP contribution in [0, 0.1) is 24.1 Å². The van der Waals surface area contributed by atoms with Gasteiger partial charge in [0.1, 0.15) is 5.82 Å². The summed E-state index contributed by atoms with van der Waals surface area (Å²) in [5.41, 5.74) is 3.13. The van der Waals surface area contributed by atoms with Crippen LogP contribution in [0.1, 0.15) is 6.42 Å². The summed E-state index contributed by atoms with van der Waals surface area (Å²) in [5.74, 6) is 0.0448. The Morgan fingerprint density at radius 2 is 1.80 bits per heavy atom. The van der Waals surface area contributed by atoms with Crippen molar-refractivity contribution in [2.24, 2.45) is 5.92 Å². The van der Waals surface area contributed by atoms with Gasteiger partial charge in [0.2, 0.25) is 11.6 Å². The van der Waals surface area contributed by atoms with Gasteiger partial charge >= 0.3 is 0 Å². The van der Waals surface area contributed by atoms with E-state index in [9.17, 15) is 8.78 Å². The van der Waals surface area contributed by atoms with Gasteiger partial charge in [-0.1, -0.05) is 24.3 Å². The molecular weight excluding hydrogens is 448 g/mol. The Balaban J connectivity index is 1.61. The molecule has 35 heavy (non-hydrogen) atoms. The lowest BCUT2D eigenvalue weighted by Gasteiger charge is -2.14. The van der Waals surface area contributed by atoms with Gasteiger partial charge in [-0.15, -0.1) is 0 Å². The van der Waals surface area contributed by atoms with E-state index in [4.69, 9.17) is 16.3 Å². The average molecular weight is 472 g/mol. The lowest BCUT2D eigenvalue weighted by Crippen LogP contribution is -2.18. The Morgan fingerprint density at radius 3 is 2.51 bits per heavy atom. The molecule has 1 aromatic heterocycles. The molecule has 1 aliphatic heterocycles. The monoisotopic (exact) mass is 471 g/mol. The Kier molecular flexibility index (Phi) is 6.25. The largest absolute Gasteiger partial charge is 0.494 e. The molecule has 0 aliphatic carbocycles. The van der Waals surface area contributed by atoms with Gasteiger partial charge in [-0.3, -0.25) is 0 Å². The number of hydrogen-bond acceptors (Lipinski definition) is 5. The summed E-state index contributed by atoms with van der Waals surface area (Å²) in [7, 11) is 1.42. The predicted octanol–water partition coefficient (Wildman–Crippen LogP) is 5.82. The van der Waals surface area contributed by atoms with Gasteiger partial charge in [0.15, 0.2) is 11.6 Å². The smallest absolute Gasteiger partial charge is 0.223 e. The van der Waals surface area contributed by atoms with E-state index >= 15 is 0 Å². The fourth-order valence-corrected chi connectivity index (χ4v) is 4.32. The normalized spacial score (nSPS) is 15.2. The van der Waals surface area contributed by atoms with Crippen LogP contribution in [0.15, 0.2) is 54.6 Å². The molecule has 0 spiro atoms. The van der Waals surface area contributed by atoms with Crippen molar-refractivity contribution in [1.29, 1.82) is 0 Å². The fourth-order valence-electron chi connectivity index (χ4n) is 4.32. The highest BCUT2D eigenvalue weighted by atomic mass is 19.1. The summed E-state index contributed by atoms with van der Waals surface area (Å²) in [4.78, 5) is 12.6. The first-order valence-corrected chi connectivity index (χ1v) is 11.3. The molecule has 2 N–H and O–H groups in total. The molecule has 2 heterocycles. The number of nitrogens with one attached hydrogen (secondary N) is 2. The van der Waals surface area contributed by atoms with Gasteiger partial charge in [-0.05, 0) is 66.9 Å². The van der Waals surface area contributed by atoms with Crippen LogP contribution in [0.4, 0.5) is 20.4 Å². The average Bonchev–Trinajstić information content (AvgIpc) is 3.40. The van der Waals surface area contributed by atoms with E-state index in [0.29, 0.717) is 39.6 Å². The topological polar surface area (TPSA) is 63.4 Å². The minimum atomic E-state index is -0.607. The standard InChI is InChI=1S/C27H23F2N5O/c1-30-24-7-4-19(13-21(24)28)26-20-11-17(18-5-8-25(35-2)22(29)12-18)3-6-23(20)33-27(34-26)32-15-16-9-10-31-14-16/h3-8,11-13,16,31H,9-10,14-15H2,2H3,(H,32,33,34)/t16-/m0/s1. The third kappa shape index (κ3) is 4.63. The minimum Gasteiger partial charge on any atom is -0.494 e. The quantitative estimate of drug-likeness (QED) is 0.347. The molecule has 3 aromatic carbocycles. The van der Waals surface area contributed by atoms with Crippen LogP contribution >= 0.6 is 0 Å². The second kappa shape index (κ2) is 9.65. The van der Waals surface area contributed by atoms with E-state index in [1.54, 1.807) is 18.2 Å². The number of methoxy groups -OCH3 is 1. The van der Waals surface area contributed by atoms with Crippen molar-refractivity contribution >= 4 is 22.5 Å². The maximum Gasteiger partial charge on any atom is 0.223 e. The van der Waals surface area contributed by atoms with Crippen molar-refractivity contribution in [2.75, 3.05) is 32.1 Å². The molecule has 1 saturated heterocycles. The first-order valence-electron chi connectivity index (χ1n) is 11.3. The zero-order valence-electron chi connectivity index (χ0n) is 19.1. The lowest BCUT2D eigenvalue weighted by atomic mass is 10.00. The fraction of sp³-hybridized carbons (Fsp3) is 0.222. The Hall–Kier alpha value is -4.09. The Bertz CT molecular complexity index is 1440. The van der Waals surface area contributed by atoms with Crippen molar-refractivity contribution in [3.05, 3.63) is 77.6 Å². The summed E-state index contributed by atoms with van der Waals surface area (Å²) >= 11 is 0. The second-order valence-corrected chi connectivity index (χ2v) is 8.49. The third-order valence-corrected chi connectivity index (χ3v) is 6.23. The van der Waals surface area contributed by atoms with E-state index in [2.05, 4.69) is 20.5 Å². The van der Waals surface area contributed by atoms with Crippen LogP contribution in [0.3, 0.4) is 0 Å². The molecule has 8 heteroatoms. The van der Waals surface area contributed by atoms with Gasteiger partial charge in [-0.2, -0.15) is 0 Å². The number of rotatable bonds is 6. The van der Waals surface area contributed by atoms with E-state index in [1.165, 1.54) is 25.3 Å². The van der Waals surface area contributed by atoms with E-state index in [0.717, 1.165) is 31.6 Å². The van der Waals surface area contributed by atoms with Crippen LogP contribution in [0.2, 0.25) is 0 Å². The van der Waals surface area contributed by atoms with E-state index in [1.807, 2.05) is 18.2 Å². The molecule has 6 nitrogen and oxygen atoms in total. The number of fused-ring (bicyclic) bond motifs is 1. The van der Waals surface area contributed by atoms with Gasteiger partial charge < -0.3 is 15.4 Å². The number of benzene rings is 3. The number of hydrogen-bond donors (Lipinski definition) is 2. The highest BCUT2D eigenvalue weighted by Crippen LogP contribution is 2.34. The molecule has 0 amide bonds.